The number of benzene rings is 2. The van der Waals surface area contributed by atoms with Crippen molar-refractivity contribution < 1.29 is 26.7 Å². The van der Waals surface area contributed by atoms with Crippen molar-refractivity contribution in [3.63, 3.8) is 0 Å². The summed E-state index contributed by atoms with van der Waals surface area (Å²) in [6.07, 6.45) is 0.915. The van der Waals surface area contributed by atoms with Gasteiger partial charge >= 0.3 is 10.2 Å². The summed E-state index contributed by atoms with van der Waals surface area (Å²) >= 11 is 0. The number of aromatic hydroxyl groups is 1. The second-order valence-corrected chi connectivity index (χ2v) is 10.2. The van der Waals surface area contributed by atoms with E-state index in [9.17, 15) is 26.7 Å². The highest BCUT2D eigenvalue weighted by molar-refractivity contribution is 7.92. The van der Waals surface area contributed by atoms with E-state index in [0.29, 0.717) is 29.7 Å². The number of amides is 1. The molecular weight excluding hydrogens is 432 g/mol. The summed E-state index contributed by atoms with van der Waals surface area (Å²) in [7, 11) is -7.55. The molecule has 1 heterocycles. The standard InChI is InChI=1S/C18H22N4O6S2/c19-15-6-2-1-5-14(15)12-29(25,26)20-9-3-4-13-7-8-16(17(23)10-13)22-11-18(24)21-30(22,27)28/h1-2,5-8,10,20,23H,3-4,9,11-12,19H2,(H,21,24). The lowest BCUT2D eigenvalue weighted by molar-refractivity contribution is -0.117. The average molecular weight is 455 g/mol. The van der Waals surface area contributed by atoms with E-state index in [4.69, 9.17) is 5.73 Å². The number of anilines is 2. The van der Waals surface area contributed by atoms with Crippen LogP contribution in [0.5, 0.6) is 5.75 Å². The third kappa shape index (κ3) is 5.20. The largest absolute Gasteiger partial charge is 0.506 e. The van der Waals surface area contributed by atoms with Gasteiger partial charge in [0.25, 0.3) is 5.91 Å². The maximum Gasteiger partial charge on any atom is 0.326 e. The molecule has 1 aliphatic rings. The van der Waals surface area contributed by atoms with E-state index in [-0.39, 0.29) is 23.7 Å². The number of nitrogens with one attached hydrogen (secondary N) is 2. The van der Waals surface area contributed by atoms with Gasteiger partial charge in [-0.25, -0.2) is 22.2 Å². The maximum absolute atomic E-state index is 12.2. The second-order valence-electron chi connectivity index (χ2n) is 6.82. The number of carbonyl (C=O) groups excluding carboxylic acids is 1. The van der Waals surface area contributed by atoms with Crippen LogP contribution in [0.2, 0.25) is 0 Å². The summed E-state index contributed by atoms with van der Waals surface area (Å²) in [6.45, 7) is -0.209. The summed E-state index contributed by atoms with van der Waals surface area (Å²) in [5, 5.41) is 10.2. The van der Waals surface area contributed by atoms with Crippen molar-refractivity contribution in [1.82, 2.24) is 9.44 Å². The molecule has 1 aliphatic heterocycles. The van der Waals surface area contributed by atoms with Crippen LogP contribution in [0.3, 0.4) is 0 Å². The van der Waals surface area contributed by atoms with Crippen LogP contribution in [-0.4, -0.2) is 40.9 Å². The van der Waals surface area contributed by atoms with Crippen molar-refractivity contribution in [2.45, 2.75) is 18.6 Å². The minimum atomic E-state index is -4.00. The average Bonchev–Trinajstić information content (AvgIpc) is 2.93. The lowest BCUT2D eigenvalue weighted by atomic mass is 10.1. The van der Waals surface area contributed by atoms with E-state index in [1.165, 1.54) is 12.1 Å². The number of hydrogen-bond acceptors (Lipinski definition) is 7. The van der Waals surface area contributed by atoms with Crippen LogP contribution in [0.25, 0.3) is 0 Å². The second kappa shape index (κ2) is 8.50. The van der Waals surface area contributed by atoms with E-state index in [1.807, 2.05) is 4.72 Å². The molecule has 30 heavy (non-hydrogen) atoms. The molecule has 162 valence electrons. The quantitative estimate of drug-likeness (QED) is 0.328. The van der Waals surface area contributed by atoms with Gasteiger partial charge in [0.15, 0.2) is 0 Å². The Morgan fingerprint density at radius 3 is 2.57 bits per heavy atom. The number of hydrogen-bond donors (Lipinski definition) is 4. The van der Waals surface area contributed by atoms with Gasteiger partial charge in [0, 0.05) is 12.2 Å². The number of carbonyl (C=O) groups is 1. The summed E-state index contributed by atoms with van der Waals surface area (Å²) < 4.78 is 53.3. The Morgan fingerprint density at radius 2 is 1.93 bits per heavy atom. The molecular formula is C18H22N4O6S2. The van der Waals surface area contributed by atoms with Gasteiger partial charge in [-0.1, -0.05) is 24.3 Å². The summed E-state index contributed by atoms with van der Waals surface area (Å²) in [6, 6.07) is 11.2. The van der Waals surface area contributed by atoms with Gasteiger partial charge in [-0.2, -0.15) is 8.42 Å². The van der Waals surface area contributed by atoms with Crippen LogP contribution >= 0.6 is 0 Å². The van der Waals surface area contributed by atoms with Crippen LogP contribution in [-0.2, 0) is 37.2 Å². The Labute approximate surface area is 174 Å². The monoisotopic (exact) mass is 454 g/mol. The molecule has 1 fully saturated rings. The number of para-hydroxylation sites is 1. The zero-order valence-corrected chi connectivity index (χ0v) is 17.5. The Bertz CT molecular complexity index is 1160. The highest BCUT2D eigenvalue weighted by Crippen LogP contribution is 2.31. The molecule has 5 N–H and O–H groups in total. The molecule has 0 atom stereocenters. The number of nitrogens with zero attached hydrogens (tertiary/aromatic N) is 1. The number of sulfonamides is 1. The van der Waals surface area contributed by atoms with Crippen molar-refractivity contribution in [3.8, 4) is 5.75 Å². The molecule has 1 saturated heterocycles. The first kappa shape index (κ1) is 21.9. The van der Waals surface area contributed by atoms with Crippen molar-refractivity contribution in [2.75, 3.05) is 23.1 Å². The Kier molecular flexibility index (Phi) is 6.19. The molecule has 0 aliphatic carbocycles. The summed E-state index contributed by atoms with van der Waals surface area (Å²) in [5.74, 6) is -1.18. The van der Waals surface area contributed by atoms with E-state index in [0.717, 1.165) is 4.31 Å². The van der Waals surface area contributed by atoms with Crippen LogP contribution in [0, 0.1) is 0 Å². The van der Waals surface area contributed by atoms with Gasteiger partial charge in [-0.15, -0.1) is 0 Å². The zero-order valence-electron chi connectivity index (χ0n) is 15.9. The lowest BCUT2D eigenvalue weighted by Gasteiger charge is -2.16. The van der Waals surface area contributed by atoms with Crippen LogP contribution in [0.4, 0.5) is 11.4 Å². The SMILES string of the molecule is Nc1ccccc1CS(=O)(=O)NCCCc1ccc(N2CC(=O)NS2(=O)=O)c(O)c1. The molecule has 0 saturated carbocycles. The summed E-state index contributed by atoms with van der Waals surface area (Å²) in [5.41, 5.74) is 7.40. The third-order valence-electron chi connectivity index (χ3n) is 4.49. The van der Waals surface area contributed by atoms with Gasteiger partial charge in [0.1, 0.15) is 12.3 Å². The minimum absolute atomic E-state index is 0.00162. The third-order valence-corrected chi connectivity index (χ3v) is 7.22. The van der Waals surface area contributed by atoms with Crippen molar-refractivity contribution in [1.29, 1.82) is 0 Å². The van der Waals surface area contributed by atoms with Crippen LogP contribution < -0.4 is 19.5 Å². The Morgan fingerprint density at radius 1 is 1.20 bits per heavy atom. The molecule has 12 heteroatoms. The lowest BCUT2D eigenvalue weighted by Crippen LogP contribution is -2.29. The molecule has 1 amide bonds. The number of aryl methyl sites for hydroxylation is 1. The van der Waals surface area contributed by atoms with Gasteiger partial charge in [-0.3, -0.25) is 4.79 Å². The smallest absolute Gasteiger partial charge is 0.326 e. The van der Waals surface area contributed by atoms with Gasteiger partial charge in [0.05, 0.1) is 11.4 Å². The first-order valence-corrected chi connectivity index (χ1v) is 12.1. The zero-order chi connectivity index (χ0) is 21.9. The molecule has 0 radical (unpaired) electrons. The highest BCUT2D eigenvalue weighted by atomic mass is 32.2. The molecule has 0 unspecified atom stereocenters. The molecule has 3 rings (SSSR count). The number of nitrogen functional groups attached to an aromatic ring is 1. The van der Waals surface area contributed by atoms with E-state index < -0.39 is 32.7 Å². The Balaban J connectivity index is 1.55. The predicted molar refractivity (Wildman–Crippen MR) is 112 cm³/mol. The van der Waals surface area contributed by atoms with Gasteiger partial charge in [-0.05, 0) is 42.2 Å². The van der Waals surface area contributed by atoms with E-state index >= 15 is 0 Å². The maximum atomic E-state index is 12.2. The van der Waals surface area contributed by atoms with Crippen LogP contribution in [0.15, 0.2) is 42.5 Å². The van der Waals surface area contributed by atoms with Crippen LogP contribution in [0.1, 0.15) is 17.5 Å². The number of phenols is 1. The van der Waals surface area contributed by atoms with Crippen molar-refractivity contribution >= 4 is 37.5 Å². The van der Waals surface area contributed by atoms with E-state index in [1.54, 1.807) is 30.3 Å². The number of nitrogens with two attached hydrogens (primary N) is 1. The topological polar surface area (TPSA) is 159 Å². The van der Waals surface area contributed by atoms with Crippen molar-refractivity contribution in [3.05, 3.63) is 53.6 Å². The first-order chi connectivity index (χ1) is 14.1. The fourth-order valence-corrected chi connectivity index (χ4v) is 5.43. The predicted octanol–water partition coefficient (Wildman–Crippen LogP) is 0.208. The molecule has 0 spiro atoms. The fourth-order valence-electron chi connectivity index (χ4n) is 3.04. The first-order valence-electron chi connectivity index (χ1n) is 9.03. The van der Waals surface area contributed by atoms with Gasteiger partial charge in [0.2, 0.25) is 10.0 Å². The minimum Gasteiger partial charge on any atom is -0.506 e. The Hall–Kier alpha value is -2.83. The normalized spacial score (nSPS) is 15.9. The molecule has 10 nitrogen and oxygen atoms in total. The highest BCUT2D eigenvalue weighted by Gasteiger charge is 2.35. The van der Waals surface area contributed by atoms with E-state index in [2.05, 4.69) is 4.72 Å². The molecule has 0 aromatic heterocycles. The number of rotatable bonds is 8. The molecule has 0 bridgehead atoms. The fraction of sp³-hybridized carbons (Fsp3) is 0.278. The summed E-state index contributed by atoms with van der Waals surface area (Å²) in [4.78, 5) is 11.3. The van der Waals surface area contributed by atoms with Crippen molar-refractivity contribution in [2.24, 2.45) is 0 Å². The molecule has 2 aromatic rings. The van der Waals surface area contributed by atoms with Gasteiger partial charge < -0.3 is 10.8 Å². The molecule has 2 aromatic carbocycles. The number of phenolic OH excluding ortho intramolecular Hbond substituents is 1.